The Bertz CT molecular complexity index is 277. The summed E-state index contributed by atoms with van der Waals surface area (Å²) in [6, 6.07) is 0.732. The van der Waals surface area contributed by atoms with Crippen LogP contribution in [0.3, 0.4) is 0 Å². The number of piperidine rings is 1. The van der Waals surface area contributed by atoms with E-state index < -0.39 is 0 Å². The standard InChI is InChI=1S/C13H26N4/c1-16-7-3-11(4-8-16)17(2)10-13(5-6-13)9-12(14)15/h11H,3-10H2,1-2H3,(H3,14,15). The van der Waals surface area contributed by atoms with Crippen LogP contribution in [0.4, 0.5) is 0 Å². The summed E-state index contributed by atoms with van der Waals surface area (Å²) in [6.45, 7) is 3.56. The Morgan fingerprint density at radius 3 is 2.47 bits per heavy atom. The fourth-order valence-electron chi connectivity index (χ4n) is 3.07. The van der Waals surface area contributed by atoms with Crippen molar-refractivity contribution in [1.82, 2.24) is 9.80 Å². The van der Waals surface area contributed by atoms with Crippen LogP contribution in [0.25, 0.3) is 0 Å². The number of hydrogen-bond acceptors (Lipinski definition) is 3. The lowest BCUT2D eigenvalue weighted by Crippen LogP contribution is -2.44. The van der Waals surface area contributed by atoms with Crippen molar-refractivity contribution in [3.63, 3.8) is 0 Å². The van der Waals surface area contributed by atoms with E-state index >= 15 is 0 Å². The topological polar surface area (TPSA) is 56.4 Å². The molecule has 3 N–H and O–H groups in total. The lowest BCUT2D eigenvalue weighted by molar-refractivity contribution is 0.125. The van der Waals surface area contributed by atoms with Crippen molar-refractivity contribution in [2.75, 3.05) is 33.7 Å². The van der Waals surface area contributed by atoms with Crippen LogP contribution in [0.5, 0.6) is 0 Å². The zero-order valence-electron chi connectivity index (χ0n) is 11.2. The first-order chi connectivity index (χ1) is 8.01. The molecule has 0 atom stereocenters. The lowest BCUT2D eigenvalue weighted by Gasteiger charge is -2.36. The van der Waals surface area contributed by atoms with Crippen LogP contribution < -0.4 is 5.73 Å². The van der Waals surface area contributed by atoms with Gasteiger partial charge in [-0.05, 0) is 58.3 Å². The highest BCUT2D eigenvalue weighted by Gasteiger charge is 2.44. The molecule has 4 heteroatoms. The molecule has 0 radical (unpaired) electrons. The van der Waals surface area contributed by atoms with Crippen molar-refractivity contribution in [3.8, 4) is 0 Å². The molecule has 4 nitrogen and oxygen atoms in total. The highest BCUT2D eigenvalue weighted by molar-refractivity contribution is 5.78. The fourth-order valence-corrected chi connectivity index (χ4v) is 3.07. The highest BCUT2D eigenvalue weighted by atomic mass is 15.2. The summed E-state index contributed by atoms with van der Waals surface area (Å²) >= 11 is 0. The maximum Gasteiger partial charge on any atom is 0.0911 e. The van der Waals surface area contributed by atoms with Gasteiger partial charge in [0.05, 0.1) is 5.84 Å². The third kappa shape index (κ3) is 3.42. The van der Waals surface area contributed by atoms with Gasteiger partial charge in [-0.15, -0.1) is 0 Å². The van der Waals surface area contributed by atoms with Crippen LogP contribution in [0.15, 0.2) is 0 Å². The molecule has 98 valence electrons. The first-order valence-corrected chi connectivity index (χ1v) is 6.72. The molecule has 1 saturated carbocycles. The summed E-state index contributed by atoms with van der Waals surface area (Å²) in [4.78, 5) is 4.93. The maximum absolute atomic E-state index is 7.46. The Morgan fingerprint density at radius 1 is 1.41 bits per heavy atom. The molecule has 0 amide bonds. The van der Waals surface area contributed by atoms with Gasteiger partial charge in [0.25, 0.3) is 0 Å². The van der Waals surface area contributed by atoms with Gasteiger partial charge in [0, 0.05) is 19.0 Å². The largest absolute Gasteiger partial charge is 0.388 e. The van der Waals surface area contributed by atoms with Gasteiger partial charge in [-0.25, -0.2) is 0 Å². The molecule has 0 aromatic carbocycles. The van der Waals surface area contributed by atoms with Gasteiger partial charge >= 0.3 is 0 Å². The zero-order chi connectivity index (χ0) is 12.5. The summed E-state index contributed by atoms with van der Waals surface area (Å²) in [7, 11) is 4.45. The number of amidine groups is 1. The van der Waals surface area contributed by atoms with Gasteiger partial charge in [0.2, 0.25) is 0 Å². The number of hydrogen-bond donors (Lipinski definition) is 2. The molecular formula is C13H26N4. The van der Waals surface area contributed by atoms with Gasteiger partial charge in [0.15, 0.2) is 0 Å². The Kier molecular flexibility index (Phi) is 3.73. The third-order valence-electron chi connectivity index (χ3n) is 4.42. The van der Waals surface area contributed by atoms with Crippen LogP contribution >= 0.6 is 0 Å². The molecule has 0 aromatic heterocycles. The van der Waals surface area contributed by atoms with Crippen LogP contribution in [0.1, 0.15) is 32.1 Å². The summed E-state index contributed by atoms with van der Waals surface area (Å²) in [5.74, 6) is 0.360. The zero-order valence-corrected chi connectivity index (χ0v) is 11.2. The quantitative estimate of drug-likeness (QED) is 0.557. The monoisotopic (exact) mass is 238 g/mol. The Hall–Kier alpha value is -0.610. The highest BCUT2D eigenvalue weighted by Crippen LogP contribution is 2.49. The molecule has 2 aliphatic rings. The van der Waals surface area contributed by atoms with E-state index in [1.807, 2.05) is 0 Å². The molecule has 0 unspecified atom stereocenters. The van der Waals surface area contributed by atoms with E-state index in [0.29, 0.717) is 11.3 Å². The summed E-state index contributed by atoms with van der Waals surface area (Å²) in [5, 5.41) is 7.46. The number of nitrogens with two attached hydrogens (primary N) is 1. The SMILES string of the molecule is CN1CCC(N(C)CC2(CC(=N)N)CC2)CC1. The Labute approximate surface area is 105 Å². The molecule has 2 rings (SSSR count). The molecule has 0 aromatic rings. The molecule has 1 aliphatic heterocycles. The normalized spacial score (nSPS) is 25.1. The first-order valence-electron chi connectivity index (χ1n) is 6.72. The van der Waals surface area contributed by atoms with Gasteiger partial charge in [-0.1, -0.05) is 0 Å². The molecular weight excluding hydrogens is 212 g/mol. The average Bonchev–Trinajstić information content (AvgIpc) is 2.97. The van der Waals surface area contributed by atoms with Crippen LogP contribution in [0.2, 0.25) is 0 Å². The lowest BCUT2D eigenvalue weighted by atomic mass is 9.98. The van der Waals surface area contributed by atoms with Crippen molar-refractivity contribution < 1.29 is 0 Å². The van der Waals surface area contributed by atoms with E-state index in [4.69, 9.17) is 11.1 Å². The molecule has 0 spiro atoms. The van der Waals surface area contributed by atoms with Crippen LogP contribution in [0, 0.1) is 10.8 Å². The van der Waals surface area contributed by atoms with E-state index in [1.54, 1.807) is 0 Å². The van der Waals surface area contributed by atoms with E-state index in [-0.39, 0.29) is 0 Å². The Morgan fingerprint density at radius 2 is 2.00 bits per heavy atom. The van der Waals surface area contributed by atoms with Gasteiger partial charge in [-0.3, -0.25) is 5.41 Å². The summed E-state index contributed by atoms with van der Waals surface area (Å²) in [5.41, 5.74) is 5.90. The minimum atomic E-state index is 0.351. The van der Waals surface area contributed by atoms with E-state index in [1.165, 1.54) is 38.8 Å². The smallest absolute Gasteiger partial charge is 0.0911 e. The number of rotatable bonds is 5. The van der Waals surface area contributed by atoms with E-state index in [9.17, 15) is 0 Å². The fraction of sp³-hybridized carbons (Fsp3) is 0.923. The van der Waals surface area contributed by atoms with Gasteiger partial charge in [-0.2, -0.15) is 0 Å². The molecule has 17 heavy (non-hydrogen) atoms. The maximum atomic E-state index is 7.46. The Balaban J connectivity index is 1.80. The second kappa shape index (κ2) is 4.94. The second-order valence-corrected chi connectivity index (χ2v) is 6.15. The molecule has 2 fully saturated rings. The van der Waals surface area contributed by atoms with E-state index in [2.05, 4.69) is 23.9 Å². The summed E-state index contributed by atoms with van der Waals surface area (Å²) < 4.78 is 0. The van der Waals surface area contributed by atoms with Gasteiger partial charge in [0.1, 0.15) is 0 Å². The predicted molar refractivity (Wildman–Crippen MR) is 71.3 cm³/mol. The summed E-state index contributed by atoms with van der Waals surface area (Å²) in [6.07, 6.45) is 5.86. The minimum Gasteiger partial charge on any atom is -0.388 e. The molecule has 1 aliphatic carbocycles. The van der Waals surface area contributed by atoms with Crippen molar-refractivity contribution in [3.05, 3.63) is 0 Å². The van der Waals surface area contributed by atoms with Crippen LogP contribution in [-0.4, -0.2) is 55.4 Å². The molecule has 1 saturated heterocycles. The van der Waals surface area contributed by atoms with Crippen molar-refractivity contribution in [2.45, 2.75) is 38.1 Å². The van der Waals surface area contributed by atoms with Crippen molar-refractivity contribution in [1.29, 1.82) is 5.41 Å². The average molecular weight is 238 g/mol. The second-order valence-electron chi connectivity index (χ2n) is 6.15. The predicted octanol–water partition coefficient (Wildman–Crippen LogP) is 1.12. The van der Waals surface area contributed by atoms with Crippen molar-refractivity contribution in [2.24, 2.45) is 11.1 Å². The van der Waals surface area contributed by atoms with Crippen LogP contribution in [-0.2, 0) is 0 Å². The van der Waals surface area contributed by atoms with E-state index in [0.717, 1.165) is 19.0 Å². The van der Waals surface area contributed by atoms with Gasteiger partial charge < -0.3 is 15.5 Å². The minimum absolute atomic E-state index is 0.351. The third-order valence-corrected chi connectivity index (χ3v) is 4.42. The first kappa shape index (κ1) is 12.8. The number of likely N-dealkylation sites (tertiary alicyclic amines) is 1. The number of nitrogens with zero attached hydrogens (tertiary/aromatic N) is 2. The number of nitrogens with one attached hydrogen (secondary N) is 1. The van der Waals surface area contributed by atoms with Crippen molar-refractivity contribution >= 4 is 5.84 Å². The molecule has 1 heterocycles. The molecule has 0 bridgehead atoms.